The Labute approximate surface area is 91.0 Å². The second-order valence-electron chi connectivity index (χ2n) is 4.81. The molecule has 0 aliphatic carbocycles. The van der Waals surface area contributed by atoms with Crippen molar-refractivity contribution in [1.29, 1.82) is 0 Å². The standard InChI is InChI=1S/C11H21NO3/c1-11(2,8-12-10(14)7-13)9-3-5-15-6-4-9/h9,13H,3-8H2,1-2H3,(H,12,14). The molecule has 0 saturated carbocycles. The first-order valence-electron chi connectivity index (χ1n) is 5.51. The molecule has 0 aromatic rings. The summed E-state index contributed by atoms with van der Waals surface area (Å²) in [5.74, 6) is 0.292. The van der Waals surface area contributed by atoms with E-state index in [9.17, 15) is 4.79 Å². The molecule has 1 amide bonds. The number of amides is 1. The van der Waals surface area contributed by atoms with Gasteiger partial charge in [0.1, 0.15) is 6.61 Å². The zero-order valence-corrected chi connectivity index (χ0v) is 9.58. The molecule has 4 nitrogen and oxygen atoms in total. The molecule has 2 N–H and O–H groups in total. The van der Waals surface area contributed by atoms with Gasteiger partial charge < -0.3 is 15.2 Å². The third kappa shape index (κ3) is 3.80. The van der Waals surface area contributed by atoms with Gasteiger partial charge in [-0.1, -0.05) is 13.8 Å². The van der Waals surface area contributed by atoms with E-state index in [4.69, 9.17) is 9.84 Å². The molecule has 1 aliphatic heterocycles. The number of hydrogen-bond acceptors (Lipinski definition) is 3. The molecule has 1 rings (SSSR count). The summed E-state index contributed by atoms with van der Waals surface area (Å²) in [4.78, 5) is 11.0. The van der Waals surface area contributed by atoms with E-state index in [1.54, 1.807) is 0 Å². The summed E-state index contributed by atoms with van der Waals surface area (Å²) in [6, 6.07) is 0. The van der Waals surface area contributed by atoms with E-state index in [1.807, 2.05) is 0 Å². The highest BCUT2D eigenvalue weighted by atomic mass is 16.5. The minimum atomic E-state index is -0.427. The van der Waals surface area contributed by atoms with Crippen LogP contribution in [0.25, 0.3) is 0 Å². The lowest BCUT2D eigenvalue weighted by molar-refractivity contribution is -0.124. The Morgan fingerprint density at radius 3 is 2.60 bits per heavy atom. The van der Waals surface area contributed by atoms with Gasteiger partial charge in [-0.05, 0) is 24.2 Å². The Hall–Kier alpha value is -0.610. The molecule has 0 aromatic heterocycles. The monoisotopic (exact) mass is 215 g/mol. The highest BCUT2D eigenvalue weighted by Gasteiger charge is 2.31. The Morgan fingerprint density at radius 1 is 1.47 bits per heavy atom. The predicted molar refractivity (Wildman–Crippen MR) is 57.4 cm³/mol. The van der Waals surface area contributed by atoms with Crippen LogP contribution in [0.15, 0.2) is 0 Å². The van der Waals surface area contributed by atoms with Crippen LogP contribution in [0.1, 0.15) is 26.7 Å². The van der Waals surface area contributed by atoms with Crippen LogP contribution >= 0.6 is 0 Å². The van der Waals surface area contributed by atoms with Crippen LogP contribution in [-0.2, 0) is 9.53 Å². The molecular formula is C11H21NO3. The van der Waals surface area contributed by atoms with Crippen molar-refractivity contribution in [3.8, 4) is 0 Å². The third-order valence-electron chi connectivity index (χ3n) is 3.21. The van der Waals surface area contributed by atoms with E-state index in [0.29, 0.717) is 12.5 Å². The molecule has 1 saturated heterocycles. The lowest BCUT2D eigenvalue weighted by Crippen LogP contribution is -2.41. The fourth-order valence-corrected chi connectivity index (χ4v) is 2.01. The molecule has 0 atom stereocenters. The fraction of sp³-hybridized carbons (Fsp3) is 0.909. The van der Waals surface area contributed by atoms with E-state index in [0.717, 1.165) is 26.1 Å². The minimum Gasteiger partial charge on any atom is -0.387 e. The topological polar surface area (TPSA) is 58.6 Å². The molecule has 1 heterocycles. The van der Waals surface area contributed by atoms with E-state index < -0.39 is 6.61 Å². The van der Waals surface area contributed by atoms with Crippen LogP contribution in [-0.4, -0.2) is 37.4 Å². The molecule has 1 aliphatic rings. The number of nitrogens with one attached hydrogen (secondary N) is 1. The Kier molecular flexibility index (Phi) is 4.54. The minimum absolute atomic E-state index is 0.0780. The number of rotatable bonds is 4. The number of aliphatic hydroxyl groups is 1. The number of carbonyl (C=O) groups excluding carboxylic acids is 1. The maximum absolute atomic E-state index is 11.0. The molecule has 0 unspecified atom stereocenters. The zero-order valence-electron chi connectivity index (χ0n) is 9.58. The predicted octanol–water partition coefficient (Wildman–Crippen LogP) is 0.548. The van der Waals surface area contributed by atoms with E-state index >= 15 is 0 Å². The quantitative estimate of drug-likeness (QED) is 0.720. The lowest BCUT2D eigenvalue weighted by Gasteiger charge is -2.37. The highest BCUT2D eigenvalue weighted by Crippen LogP contribution is 2.33. The smallest absolute Gasteiger partial charge is 0.245 e. The van der Waals surface area contributed by atoms with Crippen molar-refractivity contribution in [2.45, 2.75) is 26.7 Å². The Morgan fingerprint density at radius 2 is 2.07 bits per heavy atom. The summed E-state index contributed by atoms with van der Waals surface area (Å²) < 4.78 is 5.31. The first kappa shape index (κ1) is 12.5. The van der Waals surface area contributed by atoms with Crippen LogP contribution in [0.5, 0.6) is 0 Å². The van der Waals surface area contributed by atoms with Crippen LogP contribution in [0.2, 0.25) is 0 Å². The van der Waals surface area contributed by atoms with Crippen LogP contribution < -0.4 is 5.32 Å². The summed E-state index contributed by atoms with van der Waals surface area (Å²) in [5.41, 5.74) is 0.0780. The SMILES string of the molecule is CC(C)(CNC(=O)CO)C1CCOCC1. The van der Waals surface area contributed by atoms with Crippen molar-refractivity contribution in [2.24, 2.45) is 11.3 Å². The summed E-state index contributed by atoms with van der Waals surface area (Å²) in [6.45, 7) is 6.15. The first-order chi connectivity index (χ1) is 7.06. The van der Waals surface area contributed by atoms with Crippen molar-refractivity contribution < 1.29 is 14.6 Å². The molecule has 1 fully saturated rings. The second kappa shape index (κ2) is 5.47. The van der Waals surface area contributed by atoms with Crippen molar-refractivity contribution in [1.82, 2.24) is 5.32 Å². The number of aliphatic hydroxyl groups excluding tert-OH is 1. The molecule has 0 radical (unpaired) electrons. The van der Waals surface area contributed by atoms with E-state index in [2.05, 4.69) is 19.2 Å². The maximum Gasteiger partial charge on any atom is 0.245 e. The fourth-order valence-electron chi connectivity index (χ4n) is 2.01. The molecule has 0 aromatic carbocycles. The summed E-state index contributed by atoms with van der Waals surface area (Å²) in [6.07, 6.45) is 2.12. The molecule has 88 valence electrons. The van der Waals surface area contributed by atoms with Crippen LogP contribution in [0.4, 0.5) is 0 Å². The van der Waals surface area contributed by atoms with Crippen molar-refractivity contribution >= 4 is 5.91 Å². The van der Waals surface area contributed by atoms with Gasteiger partial charge in [-0.3, -0.25) is 4.79 Å². The average molecular weight is 215 g/mol. The van der Waals surface area contributed by atoms with Gasteiger partial charge in [-0.25, -0.2) is 0 Å². The van der Waals surface area contributed by atoms with Crippen LogP contribution in [0.3, 0.4) is 0 Å². The highest BCUT2D eigenvalue weighted by molar-refractivity contribution is 5.76. The second-order valence-corrected chi connectivity index (χ2v) is 4.81. The molecule has 0 bridgehead atoms. The lowest BCUT2D eigenvalue weighted by atomic mass is 9.74. The van der Waals surface area contributed by atoms with Crippen molar-refractivity contribution in [2.75, 3.05) is 26.4 Å². The average Bonchev–Trinajstić information content (AvgIpc) is 2.27. The number of ether oxygens (including phenoxy) is 1. The van der Waals surface area contributed by atoms with Crippen molar-refractivity contribution in [3.05, 3.63) is 0 Å². The number of carbonyl (C=O) groups is 1. The van der Waals surface area contributed by atoms with Gasteiger partial charge >= 0.3 is 0 Å². The Balaban J connectivity index is 2.38. The zero-order chi connectivity index (χ0) is 11.3. The first-order valence-corrected chi connectivity index (χ1v) is 5.51. The van der Waals surface area contributed by atoms with Gasteiger partial charge in [-0.15, -0.1) is 0 Å². The summed E-state index contributed by atoms with van der Waals surface area (Å²) >= 11 is 0. The maximum atomic E-state index is 11.0. The van der Waals surface area contributed by atoms with Crippen molar-refractivity contribution in [3.63, 3.8) is 0 Å². The van der Waals surface area contributed by atoms with Gasteiger partial charge in [0.2, 0.25) is 5.91 Å². The Bertz CT molecular complexity index is 210. The van der Waals surface area contributed by atoms with E-state index in [1.165, 1.54) is 0 Å². The van der Waals surface area contributed by atoms with Gasteiger partial charge in [-0.2, -0.15) is 0 Å². The molecule has 4 heteroatoms. The summed E-state index contributed by atoms with van der Waals surface area (Å²) in [7, 11) is 0. The third-order valence-corrected chi connectivity index (χ3v) is 3.21. The normalized spacial score (nSPS) is 18.9. The van der Waals surface area contributed by atoms with Crippen LogP contribution in [0, 0.1) is 11.3 Å². The summed E-state index contributed by atoms with van der Waals surface area (Å²) in [5, 5.41) is 11.4. The molecule has 15 heavy (non-hydrogen) atoms. The molecular weight excluding hydrogens is 194 g/mol. The van der Waals surface area contributed by atoms with Gasteiger partial charge in [0, 0.05) is 19.8 Å². The van der Waals surface area contributed by atoms with Gasteiger partial charge in [0.25, 0.3) is 0 Å². The molecule has 0 spiro atoms. The van der Waals surface area contributed by atoms with E-state index in [-0.39, 0.29) is 11.3 Å². The number of hydrogen-bond donors (Lipinski definition) is 2. The largest absolute Gasteiger partial charge is 0.387 e. The van der Waals surface area contributed by atoms with Gasteiger partial charge in [0.05, 0.1) is 0 Å². The van der Waals surface area contributed by atoms with Gasteiger partial charge in [0.15, 0.2) is 0 Å².